The third kappa shape index (κ3) is 2.68. The molecular formula is C15H30N2. The summed E-state index contributed by atoms with van der Waals surface area (Å²) in [5, 5.41) is 3.48. The predicted octanol–water partition coefficient (Wildman–Crippen LogP) is 2.89. The molecule has 0 aromatic carbocycles. The Balaban J connectivity index is 0.000000514. The van der Waals surface area contributed by atoms with E-state index < -0.39 is 0 Å². The Morgan fingerprint density at radius 3 is 2.24 bits per heavy atom. The Hall–Kier alpha value is -0.0800. The number of hydrogen-bond acceptors (Lipinski definition) is 2. The summed E-state index contributed by atoms with van der Waals surface area (Å²) in [6.07, 6.45) is 7.23. The van der Waals surface area contributed by atoms with Crippen LogP contribution in [0.4, 0.5) is 0 Å². The van der Waals surface area contributed by atoms with Crippen LogP contribution in [0.1, 0.15) is 52.9 Å². The fourth-order valence-electron chi connectivity index (χ4n) is 3.68. The lowest BCUT2D eigenvalue weighted by molar-refractivity contribution is -0.0829. The molecule has 0 aromatic heterocycles. The molecule has 17 heavy (non-hydrogen) atoms. The number of piperidine rings is 1. The van der Waals surface area contributed by atoms with E-state index in [2.05, 4.69) is 17.1 Å². The van der Waals surface area contributed by atoms with Crippen LogP contribution in [-0.2, 0) is 0 Å². The van der Waals surface area contributed by atoms with Gasteiger partial charge in [0, 0.05) is 19.1 Å². The standard InChI is InChI=1S/C13H24N2.C2H6/c1-2-11-7-12(8-11)15-9-13(10-15)3-5-14-6-4-13;1-2/h11-12,14H,2-10H2,1H3;1-2H3. The third-order valence-electron chi connectivity index (χ3n) is 5.05. The molecule has 2 heterocycles. The van der Waals surface area contributed by atoms with E-state index in [9.17, 15) is 0 Å². The first kappa shape index (κ1) is 13.4. The van der Waals surface area contributed by atoms with Crippen LogP contribution in [0.3, 0.4) is 0 Å². The summed E-state index contributed by atoms with van der Waals surface area (Å²) in [6, 6.07) is 0.968. The van der Waals surface area contributed by atoms with Gasteiger partial charge in [0.2, 0.25) is 0 Å². The van der Waals surface area contributed by atoms with E-state index >= 15 is 0 Å². The molecule has 1 N–H and O–H groups in total. The Kier molecular flexibility index (Phi) is 4.48. The second-order valence-corrected chi connectivity index (χ2v) is 6.05. The number of nitrogens with zero attached hydrogens (tertiary/aromatic N) is 1. The van der Waals surface area contributed by atoms with Crippen LogP contribution in [-0.4, -0.2) is 37.1 Å². The zero-order chi connectivity index (χ0) is 12.3. The molecule has 2 heteroatoms. The second-order valence-electron chi connectivity index (χ2n) is 6.05. The first-order valence-electron chi connectivity index (χ1n) is 7.76. The van der Waals surface area contributed by atoms with Gasteiger partial charge >= 0.3 is 0 Å². The lowest BCUT2D eigenvalue weighted by atomic mass is 9.68. The SMILES string of the molecule is CC.CCC1CC(N2CC3(CCNCC3)C2)C1. The van der Waals surface area contributed by atoms with Crippen LogP contribution in [0, 0.1) is 11.3 Å². The van der Waals surface area contributed by atoms with E-state index in [4.69, 9.17) is 0 Å². The average Bonchev–Trinajstić information content (AvgIpc) is 2.29. The molecule has 3 aliphatic rings. The smallest absolute Gasteiger partial charge is 0.0101 e. The van der Waals surface area contributed by atoms with Crippen molar-refractivity contribution in [1.29, 1.82) is 0 Å². The number of likely N-dealkylation sites (tertiary alicyclic amines) is 1. The van der Waals surface area contributed by atoms with Gasteiger partial charge in [-0.05, 0) is 50.1 Å². The van der Waals surface area contributed by atoms with Crippen molar-refractivity contribution in [3.63, 3.8) is 0 Å². The quantitative estimate of drug-likeness (QED) is 0.796. The Labute approximate surface area is 107 Å². The van der Waals surface area contributed by atoms with E-state index in [0.29, 0.717) is 0 Å². The topological polar surface area (TPSA) is 15.3 Å². The van der Waals surface area contributed by atoms with E-state index in [1.807, 2.05) is 13.8 Å². The van der Waals surface area contributed by atoms with Crippen molar-refractivity contribution in [1.82, 2.24) is 10.2 Å². The predicted molar refractivity (Wildman–Crippen MR) is 74.3 cm³/mol. The van der Waals surface area contributed by atoms with Gasteiger partial charge in [-0.2, -0.15) is 0 Å². The maximum Gasteiger partial charge on any atom is 0.0101 e. The van der Waals surface area contributed by atoms with Crippen LogP contribution in [0.5, 0.6) is 0 Å². The van der Waals surface area contributed by atoms with Crippen molar-refractivity contribution in [2.75, 3.05) is 26.2 Å². The normalized spacial score (nSPS) is 35.5. The fraction of sp³-hybridized carbons (Fsp3) is 1.00. The van der Waals surface area contributed by atoms with Crippen LogP contribution >= 0.6 is 0 Å². The molecule has 3 fully saturated rings. The van der Waals surface area contributed by atoms with Gasteiger partial charge in [-0.3, -0.25) is 4.90 Å². The molecule has 0 aromatic rings. The molecule has 1 saturated carbocycles. The van der Waals surface area contributed by atoms with Gasteiger partial charge in [0.25, 0.3) is 0 Å². The summed E-state index contributed by atoms with van der Waals surface area (Å²) in [7, 11) is 0. The van der Waals surface area contributed by atoms with Crippen LogP contribution < -0.4 is 5.32 Å². The first-order chi connectivity index (χ1) is 8.31. The molecule has 1 aliphatic carbocycles. The highest BCUT2D eigenvalue weighted by Crippen LogP contribution is 2.45. The summed E-state index contributed by atoms with van der Waals surface area (Å²) in [6.45, 7) is 11.7. The molecule has 100 valence electrons. The molecule has 2 aliphatic heterocycles. The molecular weight excluding hydrogens is 208 g/mol. The monoisotopic (exact) mass is 238 g/mol. The van der Waals surface area contributed by atoms with Gasteiger partial charge < -0.3 is 5.32 Å². The number of nitrogens with one attached hydrogen (secondary N) is 1. The molecule has 0 atom stereocenters. The highest BCUT2D eigenvalue weighted by atomic mass is 15.2. The molecule has 2 nitrogen and oxygen atoms in total. The summed E-state index contributed by atoms with van der Waals surface area (Å²) in [5.74, 6) is 1.06. The Morgan fingerprint density at radius 1 is 1.12 bits per heavy atom. The molecule has 0 bridgehead atoms. The van der Waals surface area contributed by atoms with Crippen LogP contribution in [0.25, 0.3) is 0 Å². The number of hydrogen-bond donors (Lipinski definition) is 1. The van der Waals surface area contributed by atoms with Crippen molar-refractivity contribution in [2.45, 2.75) is 58.9 Å². The third-order valence-corrected chi connectivity index (χ3v) is 5.05. The summed E-state index contributed by atoms with van der Waals surface area (Å²) in [5.41, 5.74) is 0.739. The van der Waals surface area contributed by atoms with Gasteiger partial charge in [0.1, 0.15) is 0 Å². The van der Waals surface area contributed by atoms with Gasteiger partial charge in [-0.25, -0.2) is 0 Å². The second kappa shape index (κ2) is 5.71. The fourth-order valence-corrected chi connectivity index (χ4v) is 3.68. The largest absolute Gasteiger partial charge is 0.317 e. The maximum absolute atomic E-state index is 3.48. The lowest BCUT2D eigenvalue weighted by Crippen LogP contribution is -2.64. The zero-order valence-corrected chi connectivity index (χ0v) is 12.0. The van der Waals surface area contributed by atoms with Gasteiger partial charge in [-0.15, -0.1) is 0 Å². The van der Waals surface area contributed by atoms with E-state index in [-0.39, 0.29) is 0 Å². The maximum atomic E-state index is 3.48. The van der Waals surface area contributed by atoms with E-state index in [1.54, 1.807) is 0 Å². The van der Waals surface area contributed by atoms with Gasteiger partial charge in [0.15, 0.2) is 0 Å². The average molecular weight is 238 g/mol. The lowest BCUT2D eigenvalue weighted by Gasteiger charge is -2.58. The molecule has 0 amide bonds. The summed E-state index contributed by atoms with van der Waals surface area (Å²) < 4.78 is 0. The van der Waals surface area contributed by atoms with E-state index in [1.165, 1.54) is 58.3 Å². The Morgan fingerprint density at radius 2 is 1.71 bits per heavy atom. The highest BCUT2D eigenvalue weighted by molar-refractivity contribution is 5.02. The van der Waals surface area contributed by atoms with Gasteiger partial charge in [-0.1, -0.05) is 27.2 Å². The molecule has 2 saturated heterocycles. The molecule has 1 spiro atoms. The summed E-state index contributed by atoms with van der Waals surface area (Å²) >= 11 is 0. The minimum absolute atomic E-state index is 0.739. The van der Waals surface area contributed by atoms with Crippen molar-refractivity contribution >= 4 is 0 Å². The van der Waals surface area contributed by atoms with Crippen LogP contribution in [0.15, 0.2) is 0 Å². The minimum atomic E-state index is 0.739. The molecule has 0 radical (unpaired) electrons. The van der Waals surface area contributed by atoms with Crippen molar-refractivity contribution in [2.24, 2.45) is 11.3 Å². The summed E-state index contributed by atoms with van der Waals surface area (Å²) in [4.78, 5) is 2.76. The molecule has 3 rings (SSSR count). The van der Waals surface area contributed by atoms with Gasteiger partial charge in [0.05, 0.1) is 0 Å². The number of rotatable bonds is 2. The minimum Gasteiger partial charge on any atom is -0.317 e. The highest BCUT2D eigenvalue weighted by Gasteiger charge is 2.47. The van der Waals surface area contributed by atoms with Crippen LogP contribution in [0.2, 0.25) is 0 Å². The van der Waals surface area contributed by atoms with Crippen molar-refractivity contribution in [3.05, 3.63) is 0 Å². The molecule has 0 unspecified atom stereocenters. The van der Waals surface area contributed by atoms with Crippen molar-refractivity contribution in [3.8, 4) is 0 Å². The van der Waals surface area contributed by atoms with Crippen molar-refractivity contribution < 1.29 is 0 Å². The Bertz CT molecular complexity index is 219. The zero-order valence-electron chi connectivity index (χ0n) is 12.0. The van der Waals surface area contributed by atoms with E-state index in [0.717, 1.165) is 17.4 Å². The first-order valence-corrected chi connectivity index (χ1v) is 7.76.